The van der Waals surface area contributed by atoms with Crippen LogP contribution < -0.4 is 11.1 Å². The molecule has 4 heteroatoms. The summed E-state index contributed by atoms with van der Waals surface area (Å²) in [4.78, 5) is 12.3. The molecule has 0 saturated carbocycles. The van der Waals surface area contributed by atoms with Gasteiger partial charge in [0.25, 0.3) is 0 Å². The van der Waals surface area contributed by atoms with Gasteiger partial charge in [-0.3, -0.25) is 4.79 Å². The third-order valence-electron chi connectivity index (χ3n) is 2.88. The number of nitrogen functional groups attached to an aromatic ring is 1. The molecule has 0 atom stereocenters. The number of carbonyl (C=O) groups is 1. The highest BCUT2D eigenvalue weighted by Gasteiger charge is 2.12. The Labute approximate surface area is 117 Å². The van der Waals surface area contributed by atoms with Crippen LogP contribution in [0.4, 0.5) is 10.7 Å². The number of benzene rings is 1. The summed E-state index contributed by atoms with van der Waals surface area (Å²) in [5.74, 6) is 0.103. The van der Waals surface area contributed by atoms with E-state index >= 15 is 0 Å². The third kappa shape index (κ3) is 3.35. The molecule has 1 heterocycles. The fourth-order valence-corrected chi connectivity index (χ4v) is 2.87. The second-order valence-electron chi connectivity index (χ2n) is 4.51. The SMILES string of the molecule is CCC(=O)c1sc(NCc2cccc(C)c2)cc1N. The minimum Gasteiger partial charge on any atom is -0.397 e. The van der Waals surface area contributed by atoms with Crippen LogP contribution in [0.3, 0.4) is 0 Å². The van der Waals surface area contributed by atoms with Gasteiger partial charge in [0.05, 0.1) is 15.6 Å². The van der Waals surface area contributed by atoms with Crippen molar-refractivity contribution in [1.29, 1.82) is 0 Å². The quantitative estimate of drug-likeness (QED) is 0.814. The Morgan fingerprint density at radius 2 is 2.16 bits per heavy atom. The van der Waals surface area contributed by atoms with E-state index in [1.807, 2.05) is 19.1 Å². The fourth-order valence-electron chi connectivity index (χ4n) is 1.88. The van der Waals surface area contributed by atoms with E-state index in [-0.39, 0.29) is 5.78 Å². The Kier molecular flexibility index (Phi) is 4.22. The molecule has 3 N–H and O–H groups in total. The lowest BCUT2D eigenvalue weighted by atomic mass is 10.1. The predicted octanol–water partition coefficient (Wildman–Crippen LogP) is 3.84. The maximum absolute atomic E-state index is 11.7. The van der Waals surface area contributed by atoms with Crippen LogP contribution in [0.25, 0.3) is 0 Å². The zero-order valence-corrected chi connectivity index (χ0v) is 12.0. The second-order valence-corrected chi connectivity index (χ2v) is 5.57. The zero-order valence-electron chi connectivity index (χ0n) is 11.2. The summed E-state index contributed by atoms with van der Waals surface area (Å²) in [5, 5.41) is 4.26. The lowest BCUT2D eigenvalue weighted by Crippen LogP contribution is -1.97. The van der Waals surface area contributed by atoms with Crippen LogP contribution in [0, 0.1) is 6.92 Å². The van der Waals surface area contributed by atoms with Crippen LogP contribution in [-0.4, -0.2) is 5.78 Å². The number of hydrogen-bond donors (Lipinski definition) is 2. The molecule has 2 aromatic rings. The number of nitrogens with two attached hydrogens (primary N) is 1. The lowest BCUT2D eigenvalue weighted by Gasteiger charge is -2.04. The summed E-state index contributed by atoms with van der Waals surface area (Å²) in [5.41, 5.74) is 8.89. The van der Waals surface area contributed by atoms with Gasteiger partial charge in [-0.05, 0) is 18.6 Å². The Balaban J connectivity index is 2.06. The molecule has 1 aromatic carbocycles. The molecule has 0 bridgehead atoms. The molecule has 1 aromatic heterocycles. The highest BCUT2D eigenvalue weighted by atomic mass is 32.1. The molecule has 0 radical (unpaired) electrons. The standard InChI is InChI=1S/C15H18N2OS/c1-3-13(18)15-12(16)8-14(19-15)17-9-11-6-4-5-10(2)7-11/h4-8,17H,3,9,16H2,1-2H3. The van der Waals surface area contributed by atoms with Gasteiger partial charge < -0.3 is 11.1 Å². The van der Waals surface area contributed by atoms with E-state index in [2.05, 4.69) is 30.4 Å². The van der Waals surface area contributed by atoms with Crippen molar-refractivity contribution in [2.24, 2.45) is 0 Å². The Bertz CT molecular complexity index is 590. The van der Waals surface area contributed by atoms with Crippen molar-refractivity contribution >= 4 is 27.8 Å². The molecule has 0 fully saturated rings. The molecule has 0 aliphatic rings. The van der Waals surface area contributed by atoms with E-state index in [1.54, 1.807) is 0 Å². The summed E-state index contributed by atoms with van der Waals surface area (Å²) >= 11 is 1.43. The van der Waals surface area contributed by atoms with Crippen LogP contribution in [-0.2, 0) is 6.54 Å². The lowest BCUT2D eigenvalue weighted by molar-refractivity contribution is 0.0993. The smallest absolute Gasteiger partial charge is 0.174 e. The minimum absolute atomic E-state index is 0.103. The molecule has 0 saturated heterocycles. The number of aryl methyl sites for hydroxylation is 1. The predicted molar refractivity (Wildman–Crippen MR) is 81.9 cm³/mol. The molecule has 19 heavy (non-hydrogen) atoms. The highest BCUT2D eigenvalue weighted by molar-refractivity contribution is 7.18. The summed E-state index contributed by atoms with van der Waals surface area (Å²) in [6.45, 7) is 4.66. The van der Waals surface area contributed by atoms with Crippen LogP contribution in [0.1, 0.15) is 34.1 Å². The maximum atomic E-state index is 11.7. The van der Waals surface area contributed by atoms with Gasteiger partial charge in [0.15, 0.2) is 5.78 Å². The molecular formula is C15H18N2OS. The number of carbonyl (C=O) groups excluding carboxylic acids is 1. The van der Waals surface area contributed by atoms with Crippen molar-refractivity contribution in [2.75, 3.05) is 11.1 Å². The topological polar surface area (TPSA) is 55.1 Å². The number of thiophene rings is 1. The van der Waals surface area contributed by atoms with Crippen LogP contribution in [0.5, 0.6) is 0 Å². The highest BCUT2D eigenvalue weighted by Crippen LogP contribution is 2.30. The monoisotopic (exact) mass is 274 g/mol. The van der Waals surface area contributed by atoms with E-state index in [4.69, 9.17) is 5.73 Å². The molecule has 0 spiro atoms. The fraction of sp³-hybridized carbons (Fsp3) is 0.267. The van der Waals surface area contributed by atoms with Gasteiger partial charge in [-0.1, -0.05) is 36.8 Å². The van der Waals surface area contributed by atoms with Gasteiger partial charge in [-0.15, -0.1) is 11.3 Å². The third-order valence-corrected chi connectivity index (χ3v) is 4.03. The van der Waals surface area contributed by atoms with E-state index in [0.29, 0.717) is 17.0 Å². The van der Waals surface area contributed by atoms with E-state index in [9.17, 15) is 4.79 Å². The number of ketones is 1. The first-order chi connectivity index (χ1) is 9.10. The molecule has 3 nitrogen and oxygen atoms in total. The number of Topliss-reactive ketones (excluding diaryl/α,β-unsaturated/α-hetero) is 1. The van der Waals surface area contributed by atoms with Gasteiger partial charge in [-0.25, -0.2) is 0 Å². The van der Waals surface area contributed by atoms with Crippen molar-refractivity contribution in [3.05, 3.63) is 46.3 Å². The summed E-state index contributed by atoms with van der Waals surface area (Å²) < 4.78 is 0. The van der Waals surface area contributed by atoms with Crippen LogP contribution in [0.2, 0.25) is 0 Å². The Hall–Kier alpha value is -1.81. The van der Waals surface area contributed by atoms with Gasteiger partial charge in [0, 0.05) is 13.0 Å². The number of rotatable bonds is 5. The minimum atomic E-state index is 0.103. The van der Waals surface area contributed by atoms with Gasteiger partial charge in [-0.2, -0.15) is 0 Å². The Morgan fingerprint density at radius 3 is 2.84 bits per heavy atom. The Morgan fingerprint density at radius 1 is 1.37 bits per heavy atom. The van der Waals surface area contributed by atoms with Crippen molar-refractivity contribution < 1.29 is 4.79 Å². The van der Waals surface area contributed by atoms with Crippen molar-refractivity contribution in [3.8, 4) is 0 Å². The summed E-state index contributed by atoms with van der Waals surface area (Å²) in [7, 11) is 0. The molecule has 100 valence electrons. The second kappa shape index (κ2) is 5.89. The van der Waals surface area contributed by atoms with Gasteiger partial charge in [0.1, 0.15) is 0 Å². The summed E-state index contributed by atoms with van der Waals surface area (Å²) in [6, 6.07) is 10.2. The number of hydrogen-bond acceptors (Lipinski definition) is 4. The molecule has 0 amide bonds. The molecule has 0 aliphatic heterocycles. The number of nitrogens with one attached hydrogen (secondary N) is 1. The van der Waals surface area contributed by atoms with E-state index in [0.717, 1.165) is 11.5 Å². The normalized spacial score (nSPS) is 10.4. The average Bonchev–Trinajstić information content (AvgIpc) is 2.77. The molecule has 0 unspecified atom stereocenters. The first-order valence-corrected chi connectivity index (χ1v) is 7.13. The van der Waals surface area contributed by atoms with Crippen molar-refractivity contribution in [3.63, 3.8) is 0 Å². The van der Waals surface area contributed by atoms with Crippen molar-refractivity contribution in [2.45, 2.75) is 26.8 Å². The average molecular weight is 274 g/mol. The molecule has 2 rings (SSSR count). The zero-order chi connectivity index (χ0) is 13.8. The summed E-state index contributed by atoms with van der Waals surface area (Å²) in [6.07, 6.45) is 0.488. The maximum Gasteiger partial charge on any atom is 0.174 e. The van der Waals surface area contributed by atoms with Crippen LogP contribution >= 0.6 is 11.3 Å². The largest absolute Gasteiger partial charge is 0.397 e. The van der Waals surface area contributed by atoms with Gasteiger partial charge in [0.2, 0.25) is 0 Å². The van der Waals surface area contributed by atoms with E-state index in [1.165, 1.54) is 22.5 Å². The first-order valence-electron chi connectivity index (χ1n) is 6.32. The molecule has 0 aliphatic carbocycles. The van der Waals surface area contributed by atoms with E-state index < -0.39 is 0 Å². The molecular weight excluding hydrogens is 256 g/mol. The number of anilines is 2. The van der Waals surface area contributed by atoms with Crippen LogP contribution in [0.15, 0.2) is 30.3 Å². The van der Waals surface area contributed by atoms with Gasteiger partial charge >= 0.3 is 0 Å². The van der Waals surface area contributed by atoms with Crippen molar-refractivity contribution in [1.82, 2.24) is 0 Å². The first kappa shape index (κ1) is 13.6.